The van der Waals surface area contributed by atoms with Crippen molar-refractivity contribution in [2.45, 2.75) is 6.54 Å². The first-order chi connectivity index (χ1) is 6.79. The van der Waals surface area contributed by atoms with E-state index in [1.807, 2.05) is 6.20 Å². The molecule has 14 heavy (non-hydrogen) atoms. The Morgan fingerprint density at radius 2 is 2.57 bits per heavy atom. The summed E-state index contributed by atoms with van der Waals surface area (Å²) in [5, 5.41) is 3.15. The zero-order chi connectivity index (χ0) is 10.2. The zero-order valence-electron chi connectivity index (χ0n) is 7.73. The molecule has 5 nitrogen and oxygen atoms in total. The third-order valence-corrected chi connectivity index (χ3v) is 2.23. The number of thiazole rings is 1. The minimum Gasteiger partial charge on any atom is -0.370 e. The predicted octanol–water partition coefficient (Wildman–Crippen LogP) is -0.265. The van der Waals surface area contributed by atoms with Gasteiger partial charge in [0.25, 0.3) is 0 Å². The van der Waals surface area contributed by atoms with E-state index in [2.05, 4.69) is 10.3 Å². The van der Waals surface area contributed by atoms with E-state index in [0.29, 0.717) is 13.2 Å². The highest BCUT2D eigenvalue weighted by atomic mass is 32.1. The van der Waals surface area contributed by atoms with E-state index < -0.39 is 5.91 Å². The van der Waals surface area contributed by atoms with Gasteiger partial charge in [0.2, 0.25) is 5.91 Å². The number of nitrogens with one attached hydrogen (secondary N) is 1. The Kier molecular flexibility index (Phi) is 5.13. The number of primary amides is 1. The molecule has 0 unspecified atom stereocenters. The molecule has 0 aliphatic heterocycles. The number of hydrogen-bond donors (Lipinski definition) is 2. The first-order valence-electron chi connectivity index (χ1n) is 4.23. The molecule has 1 rings (SSSR count). The lowest BCUT2D eigenvalue weighted by molar-refractivity contribution is -0.122. The molecule has 0 aromatic carbocycles. The summed E-state index contributed by atoms with van der Waals surface area (Å²) in [5.74, 6) is -0.438. The second kappa shape index (κ2) is 6.47. The number of hydrogen-bond acceptors (Lipinski definition) is 5. The van der Waals surface area contributed by atoms with Gasteiger partial charge in [-0.2, -0.15) is 0 Å². The minimum absolute atomic E-state index is 0.0117. The maximum Gasteiger partial charge on any atom is 0.243 e. The molecule has 0 aliphatic carbocycles. The molecule has 78 valence electrons. The van der Waals surface area contributed by atoms with Gasteiger partial charge in [-0.3, -0.25) is 9.78 Å². The molecule has 1 heterocycles. The number of ether oxygens (including phenoxy) is 1. The highest BCUT2D eigenvalue weighted by molar-refractivity contribution is 7.09. The lowest BCUT2D eigenvalue weighted by atomic mass is 10.5. The van der Waals surface area contributed by atoms with Crippen molar-refractivity contribution in [1.82, 2.24) is 10.3 Å². The van der Waals surface area contributed by atoms with Gasteiger partial charge in [0.1, 0.15) is 6.61 Å². The van der Waals surface area contributed by atoms with Crippen molar-refractivity contribution < 1.29 is 9.53 Å². The van der Waals surface area contributed by atoms with Gasteiger partial charge < -0.3 is 15.8 Å². The maximum atomic E-state index is 10.3. The Bertz CT molecular complexity index is 264. The van der Waals surface area contributed by atoms with Crippen LogP contribution in [-0.4, -0.2) is 30.6 Å². The molecular formula is C8H13N3O2S. The summed E-state index contributed by atoms with van der Waals surface area (Å²) >= 11 is 1.60. The molecule has 0 saturated carbocycles. The normalized spacial score (nSPS) is 10.3. The number of rotatable bonds is 7. The lowest BCUT2D eigenvalue weighted by Crippen LogP contribution is -2.23. The smallest absolute Gasteiger partial charge is 0.243 e. The topological polar surface area (TPSA) is 77.2 Å². The zero-order valence-corrected chi connectivity index (χ0v) is 8.55. The molecule has 1 aromatic heterocycles. The summed E-state index contributed by atoms with van der Waals surface area (Å²) in [4.78, 5) is 15.4. The fraction of sp³-hybridized carbons (Fsp3) is 0.500. The first-order valence-corrected chi connectivity index (χ1v) is 5.11. The molecule has 6 heteroatoms. The van der Waals surface area contributed by atoms with Gasteiger partial charge in [0.15, 0.2) is 0 Å². The Balaban J connectivity index is 1.92. The van der Waals surface area contributed by atoms with Gasteiger partial charge in [-0.1, -0.05) is 0 Å². The first kappa shape index (κ1) is 11.1. The van der Waals surface area contributed by atoms with Crippen LogP contribution in [0.15, 0.2) is 11.7 Å². The number of aromatic nitrogens is 1. The minimum atomic E-state index is -0.438. The quantitative estimate of drug-likeness (QED) is 0.614. The van der Waals surface area contributed by atoms with E-state index in [1.54, 1.807) is 16.8 Å². The summed E-state index contributed by atoms with van der Waals surface area (Å²) in [6.45, 7) is 1.96. The van der Waals surface area contributed by atoms with Crippen molar-refractivity contribution in [3.8, 4) is 0 Å². The van der Waals surface area contributed by atoms with Gasteiger partial charge in [0, 0.05) is 24.2 Å². The van der Waals surface area contributed by atoms with Crippen molar-refractivity contribution in [3.63, 3.8) is 0 Å². The fourth-order valence-corrected chi connectivity index (χ4v) is 1.42. The average Bonchev–Trinajstić information content (AvgIpc) is 2.63. The van der Waals surface area contributed by atoms with Crippen molar-refractivity contribution in [1.29, 1.82) is 0 Å². The molecule has 0 bridgehead atoms. The summed E-state index contributed by atoms with van der Waals surface area (Å²) in [7, 11) is 0. The third-order valence-electron chi connectivity index (χ3n) is 1.45. The number of amides is 1. The van der Waals surface area contributed by atoms with E-state index in [-0.39, 0.29) is 6.61 Å². The second-order valence-corrected chi connectivity index (χ2v) is 3.63. The van der Waals surface area contributed by atoms with Gasteiger partial charge >= 0.3 is 0 Å². The van der Waals surface area contributed by atoms with Gasteiger partial charge in [-0.15, -0.1) is 11.3 Å². The number of carbonyl (C=O) groups excluding carboxylic acids is 1. The number of nitrogens with two attached hydrogens (primary N) is 1. The van der Waals surface area contributed by atoms with Crippen LogP contribution in [0, 0.1) is 0 Å². The highest BCUT2D eigenvalue weighted by Crippen LogP contribution is 2.03. The van der Waals surface area contributed by atoms with Crippen LogP contribution in [-0.2, 0) is 16.1 Å². The van der Waals surface area contributed by atoms with Crippen LogP contribution in [0.1, 0.15) is 4.88 Å². The van der Waals surface area contributed by atoms with Crippen LogP contribution in [0.2, 0.25) is 0 Å². The molecule has 0 atom stereocenters. The summed E-state index contributed by atoms with van der Waals surface area (Å²) < 4.78 is 4.97. The van der Waals surface area contributed by atoms with Crippen LogP contribution in [0.25, 0.3) is 0 Å². The van der Waals surface area contributed by atoms with E-state index in [0.717, 1.165) is 6.54 Å². The van der Waals surface area contributed by atoms with E-state index >= 15 is 0 Å². The van der Waals surface area contributed by atoms with Crippen LogP contribution in [0.3, 0.4) is 0 Å². The van der Waals surface area contributed by atoms with E-state index in [9.17, 15) is 4.79 Å². The van der Waals surface area contributed by atoms with Crippen molar-refractivity contribution in [3.05, 3.63) is 16.6 Å². The van der Waals surface area contributed by atoms with Crippen LogP contribution in [0.5, 0.6) is 0 Å². The Morgan fingerprint density at radius 1 is 1.71 bits per heavy atom. The van der Waals surface area contributed by atoms with Crippen molar-refractivity contribution >= 4 is 17.2 Å². The Hall–Kier alpha value is -0.980. The molecule has 0 aliphatic rings. The largest absolute Gasteiger partial charge is 0.370 e. The van der Waals surface area contributed by atoms with Gasteiger partial charge in [-0.05, 0) is 0 Å². The Labute approximate surface area is 86.3 Å². The highest BCUT2D eigenvalue weighted by Gasteiger charge is 1.95. The fourth-order valence-electron chi connectivity index (χ4n) is 0.858. The SMILES string of the molecule is NC(=O)COCCNCc1cncs1. The van der Waals surface area contributed by atoms with Gasteiger partial charge in [0.05, 0.1) is 12.1 Å². The predicted molar refractivity (Wildman–Crippen MR) is 53.8 cm³/mol. The monoisotopic (exact) mass is 215 g/mol. The average molecular weight is 215 g/mol. The molecular weight excluding hydrogens is 202 g/mol. The molecule has 0 spiro atoms. The molecule has 1 aromatic rings. The van der Waals surface area contributed by atoms with E-state index in [4.69, 9.17) is 10.5 Å². The van der Waals surface area contributed by atoms with Gasteiger partial charge in [-0.25, -0.2) is 0 Å². The maximum absolute atomic E-state index is 10.3. The summed E-state index contributed by atoms with van der Waals surface area (Å²) in [6.07, 6.45) is 1.82. The second-order valence-electron chi connectivity index (χ2n) is 2.66. The third kappa shape index (κ3) is 4.90. The lowest BCUT2D eigenvalue weighted by Gasteiger charge is -2.02. The molecule has 3 N–H and O–H groups in total. The Morgan fingerprint density at radius 3 is 3.21 bits per heavy atom. The summed E-state index contributed by atoms with van der Waals surface area (Å²) in [6, 6.07) is 0. The summed E-state index contributed by atoms with van der Waals surface area (Å²) in [5.41, 5.74) is 6.69. The van der Waals surface area contributed by atoms with E-state index in [1.165, 1.54) is 4.88 Å². The van der Waals surface area contributed by atoms with Crippen LogP contribution in [0.4, 0.5) is 0 Å². The van der Waals surface area contributed by atoms with Crippen LogP contribution < -0.4 is 11.1 Å². The molecule has 0 fully saturated rings. The van der Waals surface area contributed by atoms with Crippen molar-refractivity contribution in [2.75, 3.05) is 19.8 Å². The molecule has 0 radical (unpaired) electrons. The standard InChI is InChI=1S/C8H13N3O2S/c9-8(12)5-13-2-1-10-3-7-4-11-6-14-7/h4,6,10H,1-3,5H2,(H2,9,12). The molecule has 0 saturated heterocycles. The van der Waals surface area contributed by atoms with Crippen molar-refractivity contribution in [2.24, 2.45) is 5.73 Å². The number of carbonyl (C=O) groups is 1. The number of nitrogens with zero attached hydrogens (tertiary/aromatic N) is 1. The van der Waals surface area contributed by atoms with Crippen LogP contribution >= 0.6 is 11.3 Å². The molecule has 1 amide bonds.